The number of rotatable bonds is 5. The molecule has 21 heavy (non-hydrogen) atoms. The largest absolute Gasteiger partial charge is 0.387 e. The van der Waals surface area contributed by atoms with Gasteiger partial charge >= 0.3 is 0 Å². The molecule has 2 N–H and O–H groups in total. The van der Waals surface area contributed by atoms with E-state index in [1.807, 2.05) is 31.2 Å². The van der Waals surface area contributed by atoms with Crippen molar-refractivity contribution in [3.63, 3.8) is 0 Å². The number of carbonyl (C=O) groups excluding carboxylic acids is 1. The lowest BCUT2D eigenvalue weighted by molar-refractivity contribution is 0.0919. The van der Waals surface area contributed by atoms with Crippen molar-refractivity contribution in [3.05, 3.63) is 51.5 Å². The fraction of sp³-hybridized carbons (Fsp3) is 0.375. The first kappa shape index (κ1) is 14.2. The predicted molar refractivity (Wildman–Crippen MR) is 82.6 cm³/mol. The molecule has 0 saturated heterocycles. The molecule has 1 unspecified atom stereocenters. The number of thiazole rings is 1. The van der Waals surface area contributed by atoms with E-state index in [1.54, 1.807) is 5.51 Å². The van der Waals surface area contributed by atoms with Gasteiger partial charge in [-0.15, -0.1) is 11.3 Å². The number of aromatic nitrogens is 1. The maximum Gasteiger partial charge on any atom is 0.263 e. The van der Waals surface area contributed by atoms with Crippen molar-refractivity contribution < 1.29 is 9.90 Å². The number of amides is 1. The van der Waals surface area contributed by atoms with Crippen LogP contribution in [0.1, 0.15) is 51.4 Å². The minimum absolute atomic E-state index is 0.134. The van der Waals surface area contributed by atoms with E-state index >= 15 is 0 Å². The lowest BCUT2D eigenvalue weighted by atomic mass is 10.1. The Kier molecular flexibility index (Phi) is 4.03. The minimum atomic E-state index is -0.688. The van der Waals surface area contributed by atoms with E-state index in [0.717, 1.165) is 29.7 Å². The fourth-order valence-corrected chi connectivity index (χ4v) is 3.04. The second-order valence-corrected chi connectivity index (χ2v) is 6.33. The van der Waals surface area contributed by atoms with Crippen LogP contribution in [0.25, 0.3) is 0 Å². The lowest BCUT2D eigenvalue weighted by Gasteiger charge is -2.12. The highest BCUT2D eigenvalue weighted by Gasteiger charge is 2.30. The number of aliphatic hydroxyl groups is 1. The highest BCUT2D eigenvalue weighted by Crippen LogP contribution is 2.41. The van der Waals surface area contributed by atoms with Crippen molar-refractivity contribution in [2.75, 3.05) is 6.54 Å². The molecule has 5 heteroatoms. The summed E-state index contributed by atoms with van der Waals surface area (Å²) in [6.45, 7) is 2.21. The third-order valence-corrected chi connectivity index (χ3v) is 4.52. The average Bonchev–Trinajstić information content (AvgIpc) is 3.22. The van der Waals surface area contributed by atoms with Crippen molar-refractivity contribution in [1.29, 1.82) is 0 Å². The van der Waals surface area contributed by atoms with E-state index in [9.17, 15) is 9.90 Å². The summed E-state index contributed by atoms with van der Waals surface area (Å²) in [5, 5.41) is 12.9. The number of hydrogen-bond donors (Lipinski definition) is 2. The van der Waals surface area contributed by atoms with Gasteiger partial charge in [0, 0.05) is 12.5 Å². The Hall–Kier alpha value is -1.72. The van der Waals surface area contributed by atoms with Gasteiger partial charge in [0.25, 0.3) is 5.91 Å². The fourth-order valence-electron chi connectivity index (χ4n) is 2.25. The maximum absolute atomic E-state index is 12.2. The Morgan fingerprint density at radius 2 is 2.14 bits per heavy atom. The first-order chi connectivity index (χ1) is 10.1. The van der Waals surface area contributed by atoms with Gasteiger partial charge < -0.3 is 10.4 Å². The number of nitrogens with one attached hydrogen (secondary N) is 1. The van der Waals surface area contributed by atoms with Crippen molar-refractivity contribution >= 4 is 17.2 Å². The van der Waals surface area contributed by atoms with Crippen LogP contribution in [-0.4, -0.2) is 22.5 Å². The van der Waals surface area contributed by atoms with Gasteiger partial charge in [-0.25, -0.2) is 4.98 Å². The standard InChI is InChI=1S/C16H18N2O2S/c1-10-2-4-11(5-3-10)13(19)8-17-16(20)15-14(12-6-7-12)18-9-21-15/h2-5,9,12-13,19H,6-8H2,1H3,(H,17,20). The second-order valence-electron chi connectivity index (χ2n) is 5.48. The molecule has 1 fully saturated rings. The highest BCUT2D eigenvalue weighted by molar-refractivity contribution is 7.11. The van der Waals surface area contributed by atoms with Crippen LogP contribution in [0.3, 0.4) is 0 Å². The third kappa shape index (κ3) is 3.31. The summed E-state index contributed by atoms with van der Waals surface area (Å²) in [6, 6.07) is 7.67. The normalized spacial score (nSPS) is 15.7. The molecule has 0 spiro atoms. The number of nitrogens with zero attached hydrogens (tertiary/aromatic N) is 1. The van der Waals surface area contributed by atoms with E-state index in [2.05, 4.69) is 10.3 Å². The van der Waals surface area contributed by atoms with Gasteiger partial charge in [-0.3, -0.25) is 4.79 Å². The number of carbonyl (C=O) groups is 1. The van der Waals surface area contributed by atoms with Crippen LogP contribution < -0.4 is 5.32 Å². The van der Waals surface area contributed by atoms with E-state index < -0.39 is 6.10 Å². The summed E-state index contributed by atoms with van der Waals surface area (Å²) in [4.78, 5) is 17.2. The summed E-state index contributed by atoms with van der Waals surface area (Å²) in [5.41, 5.74) is 4.60. The summed E-state index contributed by atoms with van der Waals surface area (Å²) in [6.07, 6.45) is 1.55. The van der Waals surface area contributed by atoms with Gasteiger partial charge in [0.2, 0.25) is 0 Å². The lowest BCUT2D eigenvalue weighted by Crippen LogP contribution is -2.28. The SMILES string of the molecule is Cc1ccc(C(O)CNC(=O)c2scnc2C2CC2)cc1. The van der Waals surface area contributed by atoms with Gasteiger partial charge in [-0.1, -0.05) is 29.8 Å². The molecular weight excluding hydrogens is 284 g/mol. The molecule has 2 aromatic rings. The van der Waals surface area contributed by atoms with Crippen molar-refractivity contribution in [3.8, 4) is 0 Å². The molecule has 0 bridgehead atoms. The number of benzene rings is 1. The molecule has 1 atom stereocenters. The Bertz CT molecular complexity index is 632. The van der Waals surface area contributed by atoms with Gasteiger partial charge in [0.05, 0.1) is 17.3 Å². The molecule has 1 aromatic heterocycles. The zero-order chi connectivity index (χ0) is 14.8. The predicted octanol–water partition coefficient (Wildman–Crippen LogP) is 2.79. The summed E-state index contributed by atoms with van der Waals surface area (Å²) in [7, 11) is 0. The molecule has 1 amide bonds. The van der Waals surface area contributed by atoms with Crippen LogP contribution in [-0.2, 0) is 0 Å². The van der Waals surface area contributed by atoms with Crippen LogP contribution >= 0.6 is 11.3 Å². The Labute approximate surface area is 127 Å². The Morgan fingerprint density at radius 1 is 1.43 bits per heavy atom. The minimum Gasteiger partial charge on any atom is -0.387 e. The molecule has 1 heterocycles. The second kappa shape index (κ2) is 5.95. The maximum atomic E-state index is 12.2. The average molecular weight is 302 g/mol. The van der Waals surface area contributed by atoms with E-state index in [0.29, 0.717) is 10.8 Å². The number of hydrogen-bond acceptors (Lipinski definition) is 4. The first-order valence-electron chi connectivity index (χ1n) is 7.11. The van der Waals surface area contributed by atoms with Crippen molar-refractivity contribution in [1.82, 2.24) is 10.3 Å². The van der Waals surface area contributed by atoms with Crippen LogP contribution in [0, 0.1) is 6.92 Å². The molecule has 1 aliphatic carbocycles. The number of aliphatic hydroxyl groups excluding tert-OH is 1. The molecule has 0 aliphatic heterocycles. The molecule has 110 valence electrons. The van der Waals surface area contributed by atoms with Crippen LogP contribution in [0.15, 0.2) is 29.8 Å². The Morgan fingerprint density at radius 3 is 2.81 bits per heavy atom. The monoisotopic (exact) mass is 302 g/mol. The smallest absolute Gasteiger partial charge is 0.263 e. The summed E-state index contributed by atoms with van der Waals surface area (Å²) < 4.78 is 0. The van der Waals surface area contributed by atoms with Gasteiger partial charge in [-0.2, -0.15) is 0 Å². The summed E-state index contributed by atoms with van der Waals surface area (Å²) in [5.74, 6) is 0.324. The van der Waals surface area contributed by atoms with Gasteiger partial charge in [0.15, 0.2) is 0 Å². The quantitative estimate of drug-likeness (QED) is 0.892. The molecular formula is C16H18N2O2S. The molecule has 1 aromatic carbocycles. The third-order valence-electron chi connectivity index (χ3n) is 3.68. The van der Waals surface area contributed by atoms with E-state index in [1.165, 1.54) is 11.3 Å². The van der Waals surface area contributed by atoms with Crippen LogP contribution in [0.2, 0.25) is 0 Å². The van der Waals surface area contributed by atoms with Crippen molar-refractivity contribution in [2.45, 2.75) is 31.8 Å². The molecule has 0 radical (unpaired) electrons. The van der Waals surface area contributed by atoms with Gasteiger partial charge in [-0.05, 0) is 25.3 Å². The zero-order valence-corrected chi connectivity index (χ0v) is 12.7. The summed E-state index contributed by atoms with van der Waals surface area (Å²) >= 11 is 1.37. The van der Waals surface area contributed by atoms with Crippen molar-refractivity contribution in [2.24, 2.45) is 0 Å². The van der Waals surface area contributed by atoms with Crippen LogP contribution in [0.5, 0.6) is 0 Å². The molecule has 1 saturated carbocycles. The molecule has 3 rings (SSSR count). The van der Waals surface area contributed by atoms with Gasteiger partial charge in [0.1, 0.15) is 4.88 Å². The number of aryl methyl sites for hydroxylation is 1. The van der Waals surface area contributed by atoms with Crippen LogP contribution in [0.4, 0.5) is 0 Å². The Balaban J connectivity index is 1.60. The highest BCUT2D eigenvalue weighted by atomic mass is 32.1. The van der Waals surface area contributed by atoms with E-state index in [-0.39, 0.29) is 12.5 Å². The van der Waals surface area contributed by atoms with E-state index in [4.69, 9.17) is 0 Å². The zero-order valence-electron chi connectivity index (χ0n) is 11.9. The molecule has 4 nitrogen and oxygen atoms in total. The first-order valence-corrected chi connectivity index (χ1v) is 7.99. The topological polar surface area (TPSA) is 62.2 Å². The molecule has 1 aliphatic rings.